The second-order valence-electron chi connectivity index (χ2n) is 3.73. The summed E-state index contributed by atoms with van der Waals surface area (Å²) in [6.07, 6.45) is 10.3. The van der Waals surface area contributed by atoms with E-state index in [1.165, 1.54) is 12.8 Å². The highest BCUT2D eigenvalue weighted by molar-refractivity contribution is 7.99. The monoisotopic (exact) mass is 213 g/mol. The minimum atomic E-state index is 0.0549. The molecule has 1 aliphatic carbocycles. The fourth-order valence-corrected chi connectivity index (χ4v) is 2.72. The number of carbonyl (C=O) groups is 1. The molecule has 2 atom stereocenters. The molecule has 0 aromatic carbocycles. The predicted octanol–water partition coefficient (Wildman–Crippen LogP) is 2.35. The number of rotatable bonds is 3. The van der Waals surface area contributed by atoms with Crippen LogP contribution in [0.25, 0.3) is 0 Å². The van der Waals surface area contributed by atoms with E-state index < -0.39 is 0 Å². The van der Waals surface area contributed by atoms with E-state index in [0.29, 0.717) is 6.04 Å². The molecular weight excluding hydrogens is 194 g/mol. The summed E-state index contributed by atoms with van der Waals surface area (Å²) in [6, 6.07) is 0.393. The first kappa shape index (κ1) is 11.6. The van der Waals surface area contributed by atoms with Gasteiger partial charge in [0.15, 0.2) is 0 Å². The molecule has 1 N–H and O–H groups in total. The molecule has 1 fully saturated rings. The zero-order chi connectivity index (χ0) is 10.4. The van der Waals surface area contributed by atoms with Crippen LogP contribution in [0.2, 0.25) is 0 Å². The molecular formula is C11H19NOS. The summed E-state index contributed by atoms with van der Waals surface area (Å²) in [7, 11) is 0. The summed E-state index contributed by atoms with van der Waals surface area (Å²) in [5, 5.41) is 3.78. The smallest absolute Gasteiger partial charge is 0.243 e. The van der Waals surface area contributed by atoms with Gasteiger partial charge in [-0.25, -0.2) is 0 Å². The second-order valence-corrected chi connectivity index (χ2v) is 4.87. The minimum absolute atomic E-state index is 0.0549. The Kier molecular flexibility index (Phi) is 5.09. The van der Waals surface area contributed by atoms with E-state index in [0.717, 1.165) is 18.1 Å². The highest BCUT2D eigenvalue weighted by Crippen LogP contribution is 2.26. The van der Waals surface area contributed by atoms with Gasteiger partial charge in [-0.15, -0.1) is 0 Å². The number of carbonyl (C=O) groups excluding carboxylic acids is 1. The standard InChI is InChI=1S/C11H19NOS/c1-3-5-11(13)12-9-6-4-7-10(8-9)14-2/h3,5,9-10H,4,6-8H2,1-2H3,(H,12,13)/b5-3+. The van der Waals surface area contributed by atoms with E-state index in [4.69, 9.17) is 0 Å². The van der Waals surface area contributed by atoms with Crippen LogP contribution in [0.5, 0.6) is 0 Å². The fourth-order valence-electron chi connectivity index (χ4n) is 1.89. The topological polar surface area (TPSA) is 29.1 Å². The first-order valence-electron chi connectivity index (χ1n) is 5.22. The summed E-state index contributed by atoms with van der Waals surface area (Å²) in [5.74, 6) is 0.0549. The van der Waals surface area contributed by atoms with Crippen LogP contribution in [-0.4, -0.2) is 23.5 Å². The Hall–Kier alpha value is -0.440. The molecule has 0 radical (unpaired) electrons. The summed E-state index contributed by atoms with van der Waals surface area (Å²) in [5.41, 5.74) is 0. The van der Waals surface area contributed by atoms with Crippen molar-refractivity contribution in [3.05, 3.63) is 12.2 Å². The maximum absolute atomic E-state index is 11.3. The van der Waals surface area contributed by atoms with Gasteiger partial charge in [-0.05, 0) is 38.5 Å². The van der Waals surface area contributed by atoms with E-state index in [1.807, 2.05) is 18.7 Å². The Morgan fingerprint density at radius 1 is 1.50 bits per heavy atom. The quantitative estimate of drug-likeness (QED) is 0.729. The van der Waals surface area contributed by atoms with Crippen LogP contribution in [0.15, 0.2) is 12.2 Å². The van der Waals surface area contributed by atoms with Gasteiger partial charge < -0.3 is 5.32 Å². The Labute approximate surface area is 90.5 Å². The molecule has 2 nitrogen and oxygen atoms in total. The lowest BCUT2D eigenvalue weighted by atomic mass is 9.95. The molecule has 2 unspecified atom stereocenters. The summed E-state index contributed by atoms with van der Waals surface area (Å²) >= 11 is 1.92. The molecule has 1 rings (SSSR count). The van der Waals surface area contributed by atoms with Gasteiger partial charge >= 0.3 is 0 Å². The number of amides is 1. The fraction of sp³-hybridized carbons (Fsp3) is 0.727. The largest absolute Gasteiger partial charge is 0.350 e. The molecule has 0 aromatic heterocycles. The molecule has 80 valence electrons. The zero-order valence-electron chi connectivity index (χ0n) is 8.95. The summed E-state index contributed by atoms with van der Waals surface area (Å²) < 4.78 is 0. The van der Waals surface area contributed by atoms with E-state index in [2.05, 4.69) is 11.6 Å². The van der Waals surface area contributed by atoms with E-state index >= 15 is 0 Å². The van der Waals surface area contributed by atoms with Crippen LogP contribution in [0, 0.1) is 0 Å². The van der Waals surface area contributed by atoms with Crippen LogP contribution >= 0.6 is 11.8 Å². The molecule has 0 saturated heterocycles. The van der Waals surface area contributed by atoms with Gasteiger partial charge in [0.05, 0.1) is 0 Å². The molecule has 0 aromatic rings. The average molecular weight is 213 g/mol. The van der Waals surface area contributed by atoms with Gasteiger partial charge in [0.1, 0.15) is 0 Å². The van der Waals surface area contributed by atoms with Crippen molar-refractivity contribution in [3.8, 4) is 0 Å². The van der Waals surface area contributed by atoms with Crippen molar-refractivity contribution in [2.45, 2.75) is 43.9 Å². The molecule has 0 aliphatic heterocycles. The number of nitrogens with one attached hydrogen (secondary N) is 1. The van der Waals surface area contributed by atoms with Gasteiger partial charge in [-0.2, -0.15) is 11.8 Å². The van der Waals surface area contributed by atoms with Crippen LogP contribution in [0.3, 0.4) is 0 Å². The van der Waals surface area contributed by atoms with Gasteiger partial charge in [0.2, 0.25) is 5.91 Å². The third kappa shape index (κ3) is 3.74. The number of hydrogen-bond acceptors (Lipinski definition) is 2. The highest BCUT2D eigenvalue weighted by atomic mass is 32.2. The maximum Gasteiger partial charge on any atom is 0.243 e. The number of thioether (sulfide) groups is 1. The second kappa shape index (κ2) is 6.12. The Morgan fingerprint density at radius 2 is 2.29 bits per heavy atom. The molecule has 0 heterocycles. The first-order valence-corrected chi connectivity index (χ1v) is 6.51. The van der Waals surface area contributed by atoms with E-state index in [9.17, 15) is 4.79 Å². The number of allylic oxidation sites excluding steroid dienone is 1. The third-order valence-corrected chi connectivity index (χ3v) is 3.72. The van der Waals surface area contributed by atoms with E-state index in [1.54, 1.807) is 12.2 Å². The molecule has 3 heteroatoms. The van der Waals surface area contributed by atoms with Gasteiger partial charge in [-0.3, -0.25) is 4.79 Å². The minimum Gasteiger partial charge on any atom is -0.350 e. The highest BCUT2D eigenvalue weighted by Gasteiger charge is 2.21. The Morgan fingerprint density at radius 3 is 2.93 bits per heavy atom. The average Bonchev–Trinajstić information content (AvgIpc) is 2.18. The SMILES string of the molecule is C/C=C/C(=O)NC1CCCC(SC)C1. The lowest BCUT2D eigenvalue weighted by molar-refractivity contribution is -0.117. The molecule has 0 spiro atoms. The Bertz CT molecular complexity index is 215. The lowest BCUT2D eigenvalue weighted by Gasteiger charge is -2.28. The normalized spacial score (nSPS) is 27.9. The summed E-state index contributed by atoms with van der Waals surface area (Å²) in [4.78, 5) is 11.3. The summed E-state index contributed by atoms with van der Waals surface area (Å²) in [6.45, 7) is 1.87. The van der Waals surface area contributed by atoms with Crippen molar-refractivity contribution in [1.82, 2.24) is 5.32 Å². The zero-order valence-corrected chi connectivity index (χ0v) is 9.77. The van der Waals surface area contributed by atoms with Gasteiger partial charge in [0.25, 0.3) is 0 Å². The lowest BCUT2D eigenvalue weighted by Crippen LogP contribution is -2.38. The van der Waals surface area contributed by atoms with Crippen molar-refractivity contribution in [2.24, 2.45) is 0 Å². The van der Waals surface area contributed by atoms with Crippen LogP contribution in [-0.2, 0) is 4.79 Å². The first-order chi connectivity index (χ1) is 6.76. The van der Waals surface area contributed by atoms with Gasteiger partial charge in [0, 0.05) is 11.3 Å². The maximum atomic E-state index is 11.3. The Balaban J connectivity index is 2.33. The molecule has 1 aliphatic rings. The molecule has 1 amide bonds. The molecule has 14 heavy (non-hydrogen) atoms. The van der Waals surface area contributed by atoms with Crippen molar-refractivity contribution >= 4 is 17.7 Å². The van der Waals surface area contributed by atoms with Crippen molar-refractivity contribution in [1.29, 1.82) is 0 Å². The van der Waals surface area contributed by atoms with Crippen LogP contribution in [0.4, 0.5) is 0 Å². The predicted molar refractivity (Wildman–Crippen MR) is 62.5 cm³/mol. The van der Waals surface area contributed by atoms with Crippen molar-refractivity contribution in [2.75, 3.05) is 6.26 Å². The van der Waals surface area contributed by atoms with Crippen LogP contribution in [0.1, 0.15) is 32.6 Å². The molecule has 0 bridgehead atoms. The molecule has 1 saturated carbocycles. The van der Waals surface area contributed by atoms with Crippen LogP contribution < -0.4 is 5.32 Å². The third-order valence-electron chi connectivity index (χ3n) is 2.62. The van der Waals surface area contributed by atoms with Gasteiger partial charge in [-0.1, -0.05) is 12.5 Å². The van der Waals surface area contributed by atoms with E-state index in [-0.39, 0.29) is 5.91 Å². The number of hydrogen-bond donors (Lipinski definition) is 1. The van der Waals surface area contributed by atoms with Crippen molar-refractivity contribution in [3.63, 3.8) is 0 Å². The van der Waals surface area contributed by atoms with Crippen molar-refractivity contribution < 1.29 is 4.79 Å².